The summed E-state index contributed by atoms with van der Waals surface area (Å²) >= 11 is 5.66. The van der Waals surface area contributed by atoms with Crippen LogP contribution in [0.1, 0.15) is 26.5 Å². The second kappa shape index (κ2) is 4.75. The predicted octanol–water partition coefficient (Wildman–Crippen LogP) is 3.47. The monoisotopic (exact) mass is 270 g/mol. The Balaban J connectivity index is 1.83. The molecule has 2 aliphatic heterocycles. The van der Waals surface area contributed by atoms with E-state index < -0.39 is 0 Å². The molecule has 0 aliphatic carbocycles. The van der Waals surface area contributed by atoms with Gasteiger partial charge < -0.3 is 0 Å². The number of hydrogen-bond acceptors (Lipinski definition) is 4. The molecule has 3 rings (SSSR count). The van der Waals surface area contributed by atoms with E-state index >= 15 is 0 Å². The van der Waals surface area contributed by atoms with Crippen molar-refractivity contribution in [1.82, 2.24) is 0 Å². The van der Waals surface area contributed by atoms with Crippen LogP contribution in [0, 0.1) is 5.92 Å². The van der Waals surface area contributed by atoms with Crippen LogP contribution in [0.4, 0.5) is 0 Å². The van der Waals surface area contributed by atoms with E-state index in [1.807, 2.05) is 23.5 Å². The van der Waals surface area contributed by atoms with Gasteiger partial charge in [-0.1, -0.05) is 0 Å². The van der Waals surface area contributed by atoms with Crippen LogP contribution in [0.15, 0.2) is 6.07 Å². The zero-order valence-corrected chi connectivity index (χ0v) is 11.5. The van der Waals surface area contributed by atoms with Crippen LogP contribution in [-0.4, -0.2) is 23.0 Å². The van der Waals surface area contributed by atoms with Gasteiger partial charge in [-0.05, 0) is 36.0 Å². The van der Waals surface area contributed by atoms with Crippen LogP contribution >= 0.6 is 34.9 Å². The number of carbonyl (C=O) groups is 1. The largest absolute Gasteiger partial charge is 0.293 e. The normalized spacial score (nSPS) is 24.4. The molecule has 4 heteroatoms. The zero-order valence-electron chi connectivity index (χ0n) is 9.03. The van der Waals surface area contributed by atoms with Gasteiger partial charge in [0.1, 0.15) is 0 Å². The molecule has 1 fully saturated rings. The Kier molecular flexibility index (Phi) is 3.32. The van der Waals surface area contributed by atoms with Crippen molar-refractivity contribution in [2.45, 2.75) is 18.6 Å². The molecule has 1 nitrogen and oxygen atoms in total. The Labute approximate surface area is 108 Å². The van der Waals surface area contributed by atoms with Crippen LogP contribution in [0.5, 0.6) is 0 Å². The van der Waals surface area contributed by atoms with Crippen molar-refractivity contribution in [3.8, 4) is 0 Å². The summed E-state index contributed by atoms with van der Waals surface area (Å²) in [5, 5.41) is 0. The standard InChI is InChI=1S/C12H14OS3/c13-12(8-1-3-14-6-8)11-5-9-7-15-4-2-10(9)16-11/h5,8H,1-4,6-7H2. The van der Waals surface area contributed by atoms with Gasteiger partial charge in [-0.15, -0.1) is 11.3 Å². The maximum atomic E-state index is 12.3. The molecule has 0 N–H and O–H groups in total. The van der Waals surface area contributed by atoms with E-state index in [9.17, 15) is 4.79 Å². The fourth-order valence-corrected chi connectivity index (χ4v) is 5.82. The third-order valence-electron chi connectivity index (χ3n) is 3.17. The summed E-state index contributed by atoms with van der Waals surface area (Å²) < 4.78 is 0. The maximum absolute atomic E-state index is 12.3. The molecule has 1 aromatic heterocycles. The van der Waals surface area contributed by atoms with Gasteiger partial charge in [0.2, 0.25) is 0 Å². The molecule has 16 heavy (non-hydrogen) atoms. The average Bonchev–Trinajstić information content (AvgIpc) is 2.97. The highest BCUT2D eigenvalue weighted by Crippen LogP contribution is 2.35. The number of aryl methyl sites for hydroxylation is 1. The molecule has 3 heterocycles. The Morgan fingerprint density at radius 1 is 1.31 bits per heavy atom. The van der Waals surface area contributed by atoms with Gasteiger partial charge in [0, 0.05) is 22.3 Å². The van der Waals surface area contributed by atoms with Crippen molar-refractivity contribution in [3.05, 3.63) is 21.4 Å². The lowest BCUT2D eigenvalue weighted by atomic mass is 10.0. The molecule has 2 aliphatic rings. The Hall–Kier alpha value is 0.0700. The Bertz CT molecular complexity index is 381. The van der Waals surface area contributed by atoms with Crippen LogP contribution < -0.4 is 0 Å². The third kappa shape index (κ3) is 2.07. The number of hydrogen-bond donors (Lipinski definition) is 0. The summed E-state index contributed by atoms with van der Waals surface area (Å²) in [5.41, 5.74) is 1.43. The average molecular weight is 270 g/mol. The van der Waals surface area contributed by atoms with Gasteiger partial charge >= 0.3 is 0 Å². The molecule has 0 aromatic carbocycles. The molecule has 0 spiro atoms. The minimum atomic E-state index is 0.303. The molecular formula is C12H14OS3. The van der Waals surface area contributed by atoms with E-state index in [2.05, 4.69) is 6.07 Å². The molecule has 0 bridgehead atoms. The van der Waals surface area contributed by atoms with Crippen molar-refractivity contribution in [2.75, 3.05) is 17.3 Å². The summed E-state index contributed by atoms with van der Waals surface area (Å²) in [6.07, 6.45) is 2.25. The highest BCUT2D eigenvalue weighted by molar-refractivity contribution is 7.99. The number of thiophene rings is 1. The summed E-state index contributed by atoms with van der Waals surface area (Å²) in [5.74, 6) is 5.25. The summed E-state index contributed by atoms with van der Waals surface area (Å²) in [7, 11) is 0. The highest BCUT2D eigenvalue weighted by atomic mass is 32.2. The first kappa shape index (κ1) is 11.2. The molecule has 0 amide bonds. The van der Waals surface area contributed by atoms with Gasteiger partial charge in [0.05, 0.1) is 4.88 Å². The van der Waals surface area contributed by atoms with Gasteiger partial charge in [0.15, 0.2) is 5.78 Å². The number of ketones is 1. The van der Waals surface area contributed by atoms with Crippen molar-refractivity contribution in [1.29, 1.82) is 0 Å². The Morgan fingerprint density at radius 3 is 3.00 bits per heavy atom. The van der Waals surface area contributed by atoms with Gasteiger partial charge in [-0.3, -0.25) is 4.79 Å². The molecule has 1 unspecified atom stereocenters. The first-order chi connectivity index (χ1) is 7.84. The van der Waals surface area contributed by atoms with Crippen molar-refractivity contribution < 1.29 is 4.79 Å². The van der Waals surface area contributed by atoms with Crippen molar-refractivity contribution in [2.24, 2.45) is 5.92 Å². The summed E-state index contributed by atoms with van der Waals surface area (Å²) in [6.45, 7) is 0. The lowest BCUT2D eigenvalue weighted by molar-refractivity contribution is 0.0938. The lowest BCUT2D eigenvalue weighted by Crippen LogP contribution is -2.12. The number of fused-ring (bicyclic) bond motifs is 1. The second-order valence-corrected chi connectivity index (χ2v) is 7.68. The molecule has 0 saturated carbocycles. The van der Waals surface area contributed by atoms with Gasteiger partial charge in [-0.25, -0.2) is 0 Å². The van der Waals surface area contributed by atoms with E-state index in [-0.39, 0.29) is 0 Å². The van der Waals surface area contributed by atoms with Crippen LogP contribution in [0.3, 0.4) is 0 Å². The Morgan fingerprint density at radius 2 is 2.25 bits per heavy atom. The van der Waals surface area contributed by atoms with Gasteiger partial charge in [-0.2, -0.15) is 23.5 Å². The van der Waals surface area contributed by atoms with Crippen LogP contribution in [-0.2, 0) is 12.2 Å². The lowest BCUT2D eigenvalue weighted by Gasteiger charge is -2.08. The molecule has 1 saturated heterocycles. The number of thioether (sulfide) groups is 2. The van der Waals surface area contributed by atoms with Crippen molar-refractivity contribution in [3.63, 3.8) is 0 Å². The molecule has 1 aromatic rings. The highest BCUT2D eigenvalue weighted by Gasteiger charge is 2.26. The minimum Gasteiger partial charge on any atom is -0.293 e. The van der Waals surface area contributed by atoms with Gasteiger partial charge in [0.25, 0.3) is 0 Å². The molecular weight excluding hydrogens is 256 g/mol. The quantitative estimate of drug-likeness (QED) is 0.766. The van der Waals surface area contributed by atoms with E-state index in [0.29, 0.717) is 11.7 Å². The molecule has 86 valence electrons. The smallest absolute Gasteiger partial charge is 0.176 e. The number of rotatable bonds is 2. The topological polar surface area (TPSA) is 17.1 Å². The fourth-order valence-electron chi connectivity index (χ4n) is 2.21. The first-order valence-corrected chi connectivity index (χ1v) is 8.78. The number of Topliss-reactive ketones (excluding diaryl/α,β-unsaturated/α-hetero) is 1. The van der Waals surface area contributed by atoms with E-state index in [1.165, 1.54) is 16.2 Å². The zero-order chi connectivity index (χ0) is 11.0. The molecule has 0 radical (unpaired) electrons. The number of carbonyl (C=O) groups excluding carboxylic acids is 1. The summed E-state index contributed by atoms with van der Waals surface area (Å²) in [4.78, 5) is 14.7. The minimum absolute atomic E-state index is 0.303. The first-order valence-electron chi connectivity index (χ1n) is 5.66. The molecule has 1 atom stereocenters. The SMILES string of the molecule is O=C(c1cc2c(s1)CCSC2)C1CCSC1. The fraction of sp³-hybridized carbons (Fsp3) is 0.583. The maximum Gasteiger partial charge on any atom is 0.176 e. The van der Waals surface area contributed by atoms with Crippen LogP contribution in [0.25, 0.3) is 0 Å². The van der Waals surface area contributed by atoms with E-state index in [0.717, 1.165) is 35.0 Å². The second-order valence-electron chi connectivity index (χ2n) is 4.29. The summed E-state index contributed by atoms with van der Waals surface area (Å²) in [6, 6.07) is 2.16. The third-order valence-corrected chi connectivity index (χ3v) is 6.59. The predicted molar refractivity (Wildman–Crippen MR) is 73.9 cm³/mol. The van der Waals surface area contributed by atoms with E-state index in [4.69, 9.17) is 0 Å². The van der Waals surface area contributed by atoms with E-state index in [1.54, 1.807) is 11.3 Å². The van der Waals surface area contributed by atoms with Crippen LogP contribution in [0.2, 0.25) is 0 Å². The van der Waals surface area contributed by atoms with Crippen molar-refractivity contribution >= 4 is 40.6 Å².